The van der Waals surface area contributed by atoms with Crippen LogP contribution in [0.15, 0.2) is 24.3 Å². The molecule has 0 amide bonds. The fraction of sp³-hybridized carbons (Fsp3) is 0.312. The number of para-hydroxylation sites is 1. The third-order valence-corrected chi connectivity index (χ3v) is 4.12. The first-order valence-corrected chi connectivity index (χ1v) is 8.75. The maximum atomic E-state index is 11.5. The van der Waals surface area contributed by atoms with Gasteiger partial charge in [-0.1, -0.05) is 29.8 Å². The molecule has 1 aliphatic rings. The largest absolute Gasteiger partial charge is 0.434 e. The number of benzene rings is 1. The second kappa shape index (κ2) is 6.76. The molecular formula is C16H15ClN2O3S. The molecule has 0 N–H and O–H groups in total. The van der Waals surface area contributed by atoms with Crippen molar-refractivity contribution in [3.05, 3.63) is 40.5 Å². The summed E-state index contributed by atoms with van der Waals surface area (Å²) in [5.41, 5.74) is 2.14. The molecule has 0 spiro atoms. The predicted octanol–water partition coefficient (Wildman–Crippen LogP) is 4.97. The Kier molecular flexibility index (Phi) is 4.73. The zero-order chi connectivity index (χ0) is 16.4. The van der Waals surface area contributed by atoms with Gasteiger partial charge >= 0.3 is 5.30 Å². The molecule has 3 rings (SSSR count). The van der Waals surface area contributed by atoms with Gasteiger partial charge in [0.05, 0.1) is 0 Å². The Hall–Kier alpha value is -1.79. The average Bonchev–Trinajstić information content (AvgIpc) is 3.36. The minimum Gasteiger partial charge on any atom is -0.434 e. The minimum absolute atomic E-state index is 0.132. The van der Waals surface area contributed by atoms with E-state index in [4.69, 9.17) is 21.1 Å². The van der Waals surface area contributed by atoms with Gasteiger partial charge in [0, 0.05) is 6.07 Å². The third-order valence-electron chi connectivity index (χ3n) is 3.52. The van der Waals surface area contributed by atoms with Crippen molar-refractivity contribution in [3.8, 4) is 17.4 Å². The molecule has 120 valence electrons. The molecule has 1 aromatic heterocycles. The van der Waals surface area contributed by atoms with Gasteiger partial charge in [-0.2, -0.15) is 0 Å². The number of nitrogens with zero attached hydrogens (tertiary/aromatic N) is 2. The molecule has 2 aromatic rings. The summed E-state index contributed by atoms with van der Waals surface area (Å²) in [6, 6.07) is 7.46. The van der Waals surface area contributed by atoms with Crippen LogP contribution in [0.1, 0.15) is 29.9 Å². The summed E-state index contributed by atoms with van der Waals surface area (Å²) in [5, 5.41) is 7.38. The first-order valence-electron chi connectivity index (χ1n) is 7.15. The highest BCUT2D eigenvalue weighted by Crippen LogP contribution is 2.46. The number of halogens is 1. The summed E-state index contributed by atoms with van der Waals surface area (Å²) in [6.07, 6.45) is 3.94. The first kappa shape index (κ1) is 16.1. The highest BCUT2D eigenvalue weighted by atomic mass is 35.5. The quantitative estimate of drug-likeness (QED) is 0.725. The fourth-order valence-electron chi connectivity index (χ4n) is 2.24. The van der Waals surface area contributed by atoms with E-state index in [1.165, 1.54) is 6.07 Å². The van der Waals surface area contributed by atoms with Crippen LogP contribution in [0, 0.1) is 6.92 Å². The van der Waals surface area contributed by atoms with Crippen molar-refractivity contribution in [2.45, 2.75) is 25.7 Å². The van der Waals surface area contributed by atoms with Gasteiger partial charge in [-0.25, -0.2) is 4.79 Å². The summed E-state index contributed by atoms with van der Waals surface area (Å²) in [7, 11) is 0. The summed E-state index contributed by atoms with van der Waals surface area (Å²) < 4.78 is 11.2. The van der Waals surface area contributed by atoms with Gasteiger partial charge < -0.3 is 9.47 Å². The van der Waals surface area contributed by atoms with E-state index >= 15 is 0 Å². The number of carbonyl (C=O) groups excluding carboxylic acids is 1. The van der Waals surface area contributed by atoms with Gasteiger partial charge in [0.15, 0.2) is 10.9 Å². The number of rotatable bonds is 4. The van der Waals surface area contributed by atoms with Crippen molar-refractivity contribution < 1.29 is 14.3 Å². The topological polar surface area (TPSA) is 61.3 Å². The Morgan fingerprint density at radius 1 is 1.35 bits per heavy atom. The molecule has 1 aliphatic carbocycles. The lowest BCUT2D eigenvalue weighted by Crippen LogP contribution is -2.04. The summed E-state index contributed by atoms with van der Waals surface area (Å²) >= 11 is 6.80. The van der Waals surface area contributed by atoms with Crippen LogP contribution in [-0.4, -0.2) is 21.8 Å². The molecule has 0 unspecified atom stereocenters. The number of ether oxygens (including phenoxy) is 2. The van der Waals surface area contributed by atoms with Crippen molar-refractivity contribution in [1.29, 1.82) is 0 Å². The molecule has 5 nitrogen and oxygen atoms in total. The second-order valence-electron chi connectivity index (χ2n) is 5.26. The van der Waals surface area contributed by atoms with Crippen LogP contribution in [-0.2, 0) is 0 Å². The van der Waals surface area contributed by atoms with Gasteiger partial charge in [0.25, 0.3) is 5.88 Å². The number of aromatic nitrogens is 2. The van der Waals surface area contributed by atoms with Crippen LogP contribution in [0.2, 0.25) is 5.15 Å². The van der Waals surface area contributed by atoms with E-state index in [1.54, 1.807) is 6.26 Å². The van der Waals surface area contributed by atoms with Gasteiger partial charge in [0.2, 0.25) is 0 Å². The van der Waals surface area contributed by atoms with E-state index in [-0.39, 0.29) is 16.8 Å². The second-order valence-corrected chi connectivity index (χ2v) is 6.39. The van der Waals surface area contributed by atoms with Crippen molar-refractivity contribution in [2.75, 3.05) is 6.26 Å². The lowest BCUT2D eigenvalue weighted by atomic mass is 10.1. The van der Waals surface area contributed by atoms with Crippen LogP contribution in [0.5, 0.6) is 17.4 Å². The lowest BCUT2D eigenvalue weighted by molar-refractivity contribution is 0.225. The molecule has 0 atom stereocenters. The first-order chi connectivity index (χ1) is 11.1. The zero-order valence-electron chi connectivity index (χ0n) is 12.7. The van der Waals surface area contributed by atoms with E-state index in [0.29, 0.717) is 5.92 Å². The molecule has 0 saturated heterocycles. The van der Waals surface area contributed by atoms with Crippen molar-refractivity contribution in [2.24, 2.45) is 0 Å². The Morgan fingerprint density at radius 3 is 2.83 bits per heavy atom. The van der Waals surface area contributed by atoms with E-state index < -0.39 is 5.30 Å². The average molecular weight is 351 g/mol. The van der Waals surface area contributed by atoms with Crippen LogP contribution in [0.3, 0.4) is 0 Å². The van der Waals surface area contributed by atoms with Crippen LogP contribution >= 0.6 is 23.4 Å². The minimum atomic E-state index is -0.467. The fourth-order valence-corrected chi connectivity index (χ4v) is 2.55. The monoisotopic (exact) mass is 350 g/mol. The summed E-state index contributed by atoms with van der Waals surface area (Å²) in [6.45, 7) is 1.97. The van der Waals surface area contributed by atoms with Crippen LogP contribution in [0.4, 0.5) is 4.79 Å². The lowest BCUT2D eigenvalue weighted by Gasteiger charge is -2.14. The Morgan fingerprint density at radius 2 is 2.13 bits per heavy atom. The maximum absolute atomic E-state index is 11.5. The van der Waals surface area contributed by atoms with E-state index in [1.807, 2.05) is 19.1 Å². The van der Waals surface area contributed by atoms with E-state index in [2.05, 4.69) is 16.3 Å². The molecule has 7 heteroatoms. The normalized spacial score (nSPS) is 13.7. The predicted molar refractivity (Wildman–Crippen MR) is 89.8 cm³/mol. The SMILES string of the molecule is CSC(=O)Oc1cc(Cl)nnc1Oc1c(C)cccc1C1CC1. The molecule has 0 bridgehead atoms. The number of thioether (sulfide) groups is 1. The van der Waals surface area contributed by atoms with Gasteiger partial charge in [-0.15, -0.1) is 10.2 Å². The van der Waals surface area contributed by atoms with Crippen LogP contribution < -0.4 is 9.47 Å². The van der Waals surface area contributed by atoms with E-state index in [0.717, 1.165) is 41.5 Å². The third kappa shape index (κ3) is 3.76. The van der Waals surface area contributed by atoms with Gasteiger partial charge in [-0.3, -0.25) is 0 Å². The number of hydrogen-bond acceptors (Lipinski definition) is 6. The number of carbonyl (C=O) groups is 1. The molecule has 1 saturated carbocycles. The zero-order valence-corrected chi connectivity index (χ0v) is 14.3. The van der Waals surface area contributed by atoms with Crippen molar-refractivity contribution >= 4 is 28.7 Å². The molecule has 0 aliphatic heterocycles. The molecule has 23 heavy (non-hydrogen) atoms. The maximum Gasteiger partial charge on any atom is 0.372 e. The standard InChI is InChI=1S/C16H15ClN2O3S/c1-9-4-3-5-11(10-6-7-10)14(9)22-15-12(21-16(20)23-2)8-13(17)18-19-15/h3-5,8,10H,6-7H2,1-2H3. The van der Waals surface area contributed by atoms with Crippen molar-refractivity contribution in [3.63, 3.8) is 0 Å². The Bertz CT molecular complexity index is 750. The Balaban J connectivity index is 1.95. The Labute approximate surface area is 143 Å². The van der Waals surface area contributed by atoms with Crippen LogP contribution in [0.25, 0.3) is 0 Å². The number of aryl methyl sites for hydroxylation is 1. The highest BCUT2D eigenvalue weighted by Gasteiger charge is 2.28. The highest BCUT2D eigenvalue weighted by molar-refractivity contribution is 8.12. The summed E-state index contributed by atoms with van der Waals surface area (Å²) in [4.78, 5) is 11.5. The van der Waals surface area contributed by atoms with Gasteiger partial charge in [0.1, 0.15) is 5.75 Å². The number of hydrogen-bond donors (Lipinski definition) is 0. The molecule has 1 aromatic carbocycles. The molecule has 1 heterocycles. The molecular weight excluding hydrogens is 336 g/mol. The smallest absolute Gasteiger partial charge is 0.372 e. The summed E-state index contributed by atoms with van der Waals surface area (Å²) in [5.74, 6) is 1.55. The van der Waals surface area contributed by atoms with E-state index in [9.17, 15) is 4.79 Å². The molecule has 1 fully saturated rings. The molecule has 0 radical (unpaired) electrons. The van der Waals surface area contributed by atoms with Gasteiger partial charge in [-0.05, 0) is 54.8 Å². The van der Waals surface area contributed by atoms with Crippen molar-refractivity contribution in [1.82, 2.24) is 10.2 Å².